The summed E-state index contributed by atoms with van der Waals surface area (Å²) < 4.78 is 11.3. The van der Waals surface area contributed by atoms with E-state index in [-0.39, 0.29) is 56.5 Å². The number of carbonyl (C=O) groups is 5. The molecule has 1 aromatic rings. The van der Waals surface area contributed by atoms with E-state index in [1.165, 1.54) is 52.0 Å². The average molecular weight is 760 g/mol. The molecule has 54 heavy (non-hydrogen) atoms. The second-order valence-corrected chi connectivity index (χ2v) is 14.6. The van der Waals surface area contributed by atoms with Crippen molar-refractivity contribution in [3.05, 3.63) is 29.8 Å². The molecule has 0 saturated carbocycles. The highest BCUT2D eigenvalue weighted by Gasteiger charge is 2.42. The molecule has 1 saturated heterocycles. The van der Waals surface area contributed by atoms with Crippen molar-refractivity contribution in [2.75, 3.05) is 19.7 Å². The fourth-order valence-corrected chi connectivity index (χ4v) is 6.41. The third-order valence-electron chi connectivity index (χ3n) is 9.74. The molecule has 4 unspecified atom stereocenters. The van der Waals surface area contributed by atoms with E-state index in [0.29, 0.717) is 54.2 Å². The monoisotopic (exact) mass is 759 g/mol. The van der Waals surface area contributed by atoms with Gasteiger partial charge in [-0.15, -0.1) is 0 Å². The predicted octanol–water partition coefficient (Wildman–Crippen LogP) is 4.93. The number of unbranched alkanes of at least 4 members (excludes halogenated alkanes) is 9. The summed E-state index contributed by atoms with van der Waals surface area (Å²) in [6, 6.07) is 4.36. The van der Waals surface area contributed by atoms with Crippen molar-refractivity contribution in [2.24, 2.45) is 4.99 Å². The Morgan fingerprint density at radius 2 is 1.72 bits per heavy atom. The van der Waals surface area contributed by atoms with E-state index in [9.17, 15) is 39.5 Å². The number of nitrogens with zero attached hydrogens (tertiary/aromatic N) is 3. The van der Waals surface area contributed by atoms with E-state index in [1.54, 1.807) is 18.2 Å². The van der Waals surface area contributed by atoms with E-state index in [4.69, 9.17) is 9.47 Å². The summed E-state index contributed by atoms with van der Waals surface area (Å²) in [7, 11) is 0. The van der Waals surface area contributed by atoms with Crippen LogP contribution >= 0.6 is 0 Å². The van der Waals surface area contributed by atoms with Gasteiger partial charge in [-0.1, -0.05) is 70.4 Å². The number of ether oxygens (including phenoxy) is 2. The molecule has 0 aliphatic carbocycles. The van der Waals surface area contributed by atoms with Crippen LogP contribution in [-0.4, -0.2) is 105 Å². The zero-order chi connectivity index (χ0) is 39.5. The molecule has 0 spiro atoms. The normalized spacial score (nSPS) is 19.6. The lowest BCUT2D eigenvalue weighted by atomic mass is 10.0. The number of hydrogen-bond donors (Lipinski definition) is 5. The summed E-state index contributed by atoms with van der Waals surface area (Å²) in [5, 5.41) is 37.1. The lowest BCUT2D eigenvalue weighted by Crippen LogP contribution is -2.52. The highest BCUT2D eigenvalue weighted by atomic mass is 16.5. The molecule has 15 heteroatoms. The van der Waals surface area contributed by atoms with Gasteiger partial charge >= 0.3 is 5.97 Å². The van der Waals surface area contributed by atoms with Crippen LogP contribution in [0.1, 0.15) is 135 Å². The van der Waals surface area contributed by atoms with Crippen LogP contribution in [0, 0.1) is 0 Å². The summed E-state index contributed by atoms with van der Waals surface area (Å²) in [4.78, 5) is 69.1. The Balaban J connectivity index is 1.55. The maximum Gasteiger partial charge on any atom is 0.328 e. The number of phenolic OH excluding ortho intramolecular Hbond substituents is 1. The number of rotatable bonds is 23. The van der Waals surface area contributed by atoms with Crippen LogP contribution < -0.4 is 10.6 Å². The van der Waals surface area contributed by atoms with E-state index >= 15 is 0 Å². The Morgan fingerprint density at radius 1 is 1.04 bits per heavy atom. The minimum atomic E-state index is -1.43. The largest absolute Gasteiger partial charge is 0.507 e. The van der Waals surface area contributed by atoms with Gasteiger partial charge in [-0.05, 0) is 70.9 Å². The van der Waals surface area contributed by atoms with Gasteiger partial charge in [0.2, 0.25) is 17.7 Å². The van der Waals surface area contributed by atoms with E-state index in [1.807, 2.05) is 0 Å². The lowest BCUT2D eigenvalue weighted by Gasteiger charge is -2.25. The lowest BCUT2D eigenvalue weighted by molar-refractivity contribution is -0.167. The molecule has 302 valence electrons. The molecule has 0 bridgehead atoms. The van der Waals surface area contributed by atoms with Gasteiger partial charge in [0.25, 0.3) is 11.8 Å². The van der Waals surface area contributed by atoms with Gasteiger partial charge in [-0.25, -0.2) is 19.9 Å². The standard InChI is InChI=1S/C39H61N5O10/c1-4-5-6-7-8-9-10-11-12-23-34(47)43(51)24-17-16-21-31(41-38(50)39(3)27-53-35(42-39)29-19-13-14-22-32(29)45)37(49)54-28(2)26-33(46)40-30-20-15-18-25-44(52)36(30)48/h13-14,19,22,28,30-31,45,51-52H,4-12,15-18,20-21,23-27H2,1-3H3,(H,40,46)(H,41,50). The molecular weight excluding hydrogens is 698 g/mol. The van der Waals surface area contributed by atoms with Crippen molar-refractivity contribution in [2.45, 2.75) is 154 Å². The van der Waals surface area contributed by atoms with Gasteiger partial charge in [-0.2, -0.15) is 0 Å². The van der Waals surface area contributed by atoms with Gasteiger partial charge in [0.1, 0.15) is 30.5 Å². The summed E-state index contributed by atoms with van der Waals surface area (Å²) >= 11 is 0. The van der Waals surface area contributed by atoms with Crippen molar-refractivity contribution in [1.29, 1.82) is 0 Å². The van der Waals surface area contributed by atoms with E-state index in [2.05, 4.69) is 22.5 Å². The molecule has 0 radical (unpaired) electrons. The molecule has 4 amide bonds. The maximum absolute atomic E-state index is 13.6. The molecule has 2 aliphatic rings. The number of amides is 4. The highest BCUT2D eigenvalue weighted by molar-refractivity contribution is 6.02. The number of hydrogen-bond acceptors (Lipinski definition) is 11. The van der Waals surface area contributed by atoms with Crippen LogP contribution in [0.4, 0.5) is 0 Å². The Hall–Kier alpha value is -4.24. The molecule has 4 atom stereocenters. The van der Waals surface area contributed by atoms with E-state index < -0.39 is 47.4 Å². The van der Waals surface area contributed by atoms with Crippen molar-refractivity contribution >= 4 is 35.5 Å². The van der Waals surface area contributed by atoms with Gasteiger partial charge < -0.3 is 25.2 Å². The summed E-state index contributed by atoms with van der Waals surface area (Å²) in [6.45, 7) is 5.34. The first-order chi connectivity index (χ1) is 25.8. The van der Waals surface area contributed by atoms with Gasteiger partial charge in [0, 0.05) is 19.5 Å². The average Bonchev–Trinajstić information content (AvgIpc) is 3.48. The van der Waals surface area contributed by atoms with Crippen molar-refractivity contribution in [3.63, 3.8) is 0 Å². The summed E-state index contributed by atoms with van der Waals surface area (Å²) in [5.41, 5.74) is -1.12. The van der Waals surface area contributed by atoms with Crippen LogP contribution in [0.2, 0.25) is 0 Å². The molecule has 15 nitrogen and oxygen atoms in total. The number of hydroxylamine groups is 4. The van der Waals surface area contributed by atoms with Gasteiger partial charge in [-0.3, -0.25) is 29.6 Å². The van der Waals surface area contributed by atoms with Crippen LogP contribution in [-0.2, 0) is 33.4 Å². The SMILES string of the molecule is CCCCCCCCCCCC(=O)N(O)CCCCC(NC(=O)C1(C)COC(c2ccccc2O)=N1)C(=O)OC(C)CC(=O)NC1CCCCN(O)C1=O. The first-order valence-corrected chi connectivity index (χ1v) is 19.7. The fourth-order valence-electron chi connectivity index (χ4n) is 6.41. The minimum Gasteiger partial charge on any atom is -0.507 e. The maximum atomic E-state index is 13.6. The first-order valence-electron chi connectivity index (χ1n) is 19.7. The zero-order valence-electron chi connectivity index (χ0n) is 32.2. The van der Waals surface area contributed by atoms with E-state index in [0.717, 1.165) is 19.3 Å². The molecule has 2 heterocycles. The smallest absolute Gasteiger partial charge is 0.328 e. The minimum absolute atomic E-state index is 0.0491. The molecule has 1 aromatic carbocycles. The number of aromatic hydroxyl groups is 1. The molecular formula is C39H61N5O10. The summed E-state index contributed by atoms with van der Waals surface area (Å²) in [5.74, 6) is -2.91. The first kappa shape index (κ1) is 44.2. The van der Waals surface area contributed by atoms with Crippen LogP contribution in [0.5, 0.6) is 5.75 Å². The Labute approximate surface area is 318 Å². The van der Waals surface area contributed by atoms with Crippen molar-refractivity contribution in [3.8, 4) is 5.75 Å². The number of aliphatic imine (C=N–C) groups is 1. The second-order valence-electron chi connectivity index (χ2n) is 14.6. The second kappa shape index (κ2) is 22.9. The topological polar surface area (TPSA) is 207 Å². The predicted molar refractivity (Wildman–Crippen MR) is 200 cm³/mol. The third kappa shape index (κ3) is 14.5. The molecule has 3 rings (SSSR count). The van der Waals surface area contributed by atoms with Gasteiger partial charge in [0.05, 0.1) is 12.0 Å². The summed E-state index contributed by atoms with van der Waals surface area (Å²) in [6.07, 6.45) is 11.5. The number of benzene rings is 1. The molecule has 5 N–H and O–H groups in total. The molecule has 0 aromatic heterocycles. The molecule has 1 fully saturated rings. The third-order valence-corrected chi connectivity index (χ3v) is 9.74. The fraction of sp³-hybridized carbons (Fsp3) is 0.692. The van der Waals surface area contributed by atoms with Crippen LogP contribution in [0.25, 0.3) is 0 Å². The number of para-hydroxylation sites is 1. The zero-order valence-corrected chi connectivity index (χ0v) is 32.2. The number of phenols is 1. The van der Waals surface area contributed by atoms with Gasteiger partial charge in [0.15, 0.2) is 5.54 Å². The van der Waals surface area contributed by atoms with Crippen LogP contribution in [0.15, 0.2) is 29.3 Å². The Morgan fingerprint density at radius 3 is 2.43 bits per heavy atom. The molecule has 2 aliphatic heterocycles. The van der Waals surface area contributed by atoms with Crippen molar-refractivity contribution in [1.82, 2.24) is 20.8 Å². The van der Waals surface area contributed by atoms with Crippen LogP contribution in [0.3, 0.4) is 0 Å². The Bertz CT molecular complexity index is 1420. The number of carbonyl (C=O) groups excluding carboxylic acids is 5. The quantitative estimate of drug-likeness (QED) is 0.0440. The van der Waals surface area contributed by atoms with Crippen molar-refractivity contribution < 1.29 is 49.0 Å². The highest BCUT2D eigenvalue weighted by Crippen LogP contribution is 2.26. The number of nitrogens with one attached hydrogen (secondary N) is 2. The Kier molecular flexibility index (Phi) is 18.7. The number of esters is 1.